The predicted molar refractivity (Wildman–Crippen MR) is 169 cm³/mol. The Morgan fingerprint density at radius 3 is 2.36 bits per heavy atom. The van der Waals surface area contributed by atoms with Gasteiger partial charge in [-0.2, -0.15) is 0 Å². The Hall–Kier alpha value is -3.84. The summed E-state index contributed by atoms with van der Waals surface area (Å²) in [7, 11) is 0. The Kier molecular flexibility index (Phi) is 8.94. The highest BCUT2D eigenvalue weighted by atomic mass is 16.7. The third-order valence-corrected chi connectivity index (χ3v) is 9.55. The van der Waals surface area contributed by atoms with Crippen molar-refractivity contribution in [2.75, 3.05) is 19.9 Å². The lowest BCUT2D eigenvalue weighted by Gasteiger charge is -2.27. The topological polar surface area (TPSA) is 85.3 Å². The molecule has 0 spiro atoms. The molecule has 0 bridgehead atoms. The van der Waals surface area contributed by atoms with Crippen LogP contribution in [0.4, 0.5) is 0 Å². The number of hydrogen-bond donors (Lipinski definition) is 1. The first kappa shape index (κ1) is 30.2. The van der Waals surface area contributed by atoms with E-state index in [-0.39, 0.29) is 31.1 Å². The zero-order valence-corrected chi connectivity index (χ0v) is 26.0. The summed E-state index contributed by atoms with van der Waals surface area (Å²) in [5, 5.41) is 10.7. The fourth-order valence-corrected chi connectivity index (χ4v) is 7.20. The molecule has 2 aliphatic heterocycles. The van der Waals surface area contributed by atoms with Crippen molar-refractivity contribution in [2.24, 2.45) is 5.92 Å². The number of carboxylic acids is 1. The number of ether oxygens (including phenoxy) is 3. The third-order valence-electron chi connectivity index (χ3n) is 9.55. The highest BCUT2D eigenvalue weighted by molar-refractivity contribution is 5.81. The molecule has 1 aliphatic carbocycles. The monoisotopic (exact) mass is 597 g/mol. The summed E-state index contributed by atoms with van der Waals surface area (Å²) in [6, 6.07) is 17.7. The summed E-state index contributed by atoms with van der Waals surface area (Å²) in [6.45, 7) is 7.16. The van der Waals surface area contributed by atoms with Crippen LogP contribution in [0.15, 0.2) is 54.6 Å². The van der Waals surface area contributed by atoms with Crippen molar-refractivity contribution in [1.82, 2.24) is 4.90 Å². The molecule has 7 nitrogen and oxygen atoms in total. The number of carbonyl (C=O) groups excluding carboxylic acids is 1. The Bertz CT molecular complexity index is 1490. The standard InChI is InChI=1S/C37H43NO6/c1-4-24-8-6-9-25(5-2)31(24)11-7-10-27(39)20-38-21-32(30-18-19-33-36(23(30)3)43-22-42-33)34(37(40)41)35(38)26-12-14-28(15-13-26)44-29-16-17-29/h6,8-9,12-15,18-19,29,32,34-35H,4-5,7,10-11,16-17,20-22H2,1-3H3,(H,40,41)/t32-,34-,35+/m1/s1. The molecular weight excluding hydrogens is 554 g/mol. The molecule has 0 unspecified atom stereocenters. The average molecular weight is 598 g/mol. The number of rotatable bonds is 13. The van der Waals surface area contributed by atoms with E-state index in [1.807, 2.05) is 43.3 Å². The Balaban J connectivity index is 1.24. The zero-order chi connectivity index (χ0) is 30.8. The van der Waals surface area contributed by atoms with Gasteiger partial charge in [0, 0.05) is 24.9 Å². The van der Waals surface area contributed by atoms with Crippen LogP contribution in [-0.4, -0.2) is 47.7 Å². The van der Waals surface area contributed by atoms with Gasteiger partial charge in [0.05, 0.1) is 18.6 Å². The van der Waals surface area contributed by atoms with Crippen LogP contribution in [0, 0.1) is 12.8 Å². The Labute approximate surface area is 260 Å². The number of aryl methyl sites for hydroxylation is 2. The van der Waals surface area contributed by atoms with Gasteiger partial charge >= 0.3 is 5.97 Å². The molecule has 2 fully saturated rings. The molecule has 0 amide bonds. The molecule has 44 heavy (non-hydrogen) atoms. The molecule has 1 saturated carbocycles. The van der Waals surface area contributed by atoms with Crippen LogP contribution in [-0.2, 0) is 28.9 Å². The molecule has 3 aromatic carbocycles. The maximum absolute atomic E-state index is 13.6. The molecule has 7 heteroatoms. The molecule has 232 valence electrons. The minimum atomic E-state index is -0.867. The van der Waals surface area contributed by atoms with Crippen molar-refractivity contribution in [2.45, 2.75) is 83.8 Å². The van der Waals surface area contributed by atoms with E-state index in [4.69, 9.17) is 14.2 Å². The quantitative estimate of drug-likeness (QED) is 0.231. The maximum Gasteiger partial charge on any atom is 0.309 e. The van der Waals surface area contributed by atoms with Gasteiger partial charge in [-0.15, -0.1) is 0 Å². The average Bonchev–Trinajstić information content (AvgIpc) is 3.56. The van der Waals surface area contributed by atoms with E-state index in [0.717, 1.165) is 61.0 Å². The first-order valence-electron chi connectivity index (χ1n) is 16.1. The number of benzene rings is 3. The van der Waals surface area contributed by atoms with Crippen LogP contribution < -0.4 is 14.2 Å². The number of carboxylic acid groups (broad SMARTS) is 1. The van der Waals surface area contributed by atoms with E-state index in [9.17, 15) is 14.7 Å². The maximum atomic E-state index is 13.6. The summed E-state index contributed by atoms with van der Waals surface area (Å²) in [5.74, 6) is 0.383. The second kappa shape index (κ2) is 13.0. The summed E-state index contributed by atoms with van der Waals surface area (Å²) < 4.78 is 17.3. The second-order valence-corrected chi connectivity index (χ2v) is 12.4. The molecule has 0 aromatic heterocycles. The number of carbonyl (C=O) groups is 2. The van der Waals surface area contributed by atoms with Gasteiger partial charge in [0.15, 0.2) is 11.5 Å². The molecule has 3 aromatic rings. The summed E-state index contributed by atoms with van der Waals surface area (Å²) >= 11 is 0. The van der Waals surface area contributed by atoms with Crippen LogP contribution in [0.25, 0.3) is 0 Å². The SMILES string of the molecule is CCc1cccc(CC)c1CCCC(=O)CN1C[C@H](c2ccc3c(c2C)OCO3)[C@@H](C(=O)O)[C@@H]1c1ccc(OC2CC2)cc1. The number of fused-ring (bicyclic) bond motifs is 1. The highest BCUT2D eigenvalue weighted by Crippen LogP contribution is 2.49. The lowest BCUT2D eigenvalue weighted by molar-refractivity contribution is -0.143. The van der Waals surface area contributed by atoms with Gasteiger partial charge in [-0.3, -0.25) is 14.5 Å². The van der Waals surface area contributed by atoms with Gasteiger partial charge in [-0.25, -0.2) is 0 Å². The van der Waals surface area contributed by atoms with Crippen molar-refractivity contribution in [3.63, 3.8) is 0 Å². The van der Waals surface area contributed by atoms with Crippen LogP contribution in [0.3, 0.4) is 0 Å². The molecule has 3 atom stereocenters. The smallest absolute Gasteiger partial charge is 0.309 e. The number of aliphatic carboxylic acids is 1. The van der Waals surface area contributed by atoms with Gasteiger partial charge in [0.2, 0.25) is 6.79 Å². The Morgan fingerprint density at radius 1 is 0.977 bits per heavy atom. The van der Waals surface area contributed by atoms with Crippen molar-refractivity contribution in [3.8, 4) is 17.2 Å². The van der Waals surface area contributed by atoms with E-state index < -0.39 is 17.9 Å². The molecule has 3 aliphatic rings. The largest absolute Gasteiger partial charge is 0.490 e. The van der Waals surface area contributed by atoms with Gasteiger partial charge in [0.25, 0.3) is 0 Å². The van der Waals surface area contributed by atoms with Crippen LogP contribution in [0.1, 0.15) is 84.9 Å². The van der Waals surface area contributed by atoms with Gasteiger partial charge in [-0.05, 0) is 97.0 Å². The molecule has 0 radical (unpaired) electrons. The molecule has 2 heterocycles. The van der Waals surface area contributed by atoms with E-state index in [2.05, 4.69) is 36.9 Å². The summed E-state index contributed by atoms with van der Waals surface area (Å²) in [6.07, 6.45) is 6.50. The normalized spacial score (nSPS) is 21.0. The summed E-state index contributed by atoms with van der Waals surface area (Å²) in [5.41, 5.74) is 6.81. The predicted octanol–water partition coefficient (Wildman–Crippen LogP) is 6.82. The van der Waals surface area contributed by atoms with Crippen molar-refractivity contribution < 1.29 is 28.9 Å². The van der Waals surface area contributed by atoms with E-state index in [1.54, 1.807) is 0 Å². The molecule has 1 saturated heterocycles. The first-order valence-corrected chi connectivity index (χ1v) is 16.1. The summed E-state index contributed by atoms with van der Waals surface area (Å²) in [4.78, 5) is 28.7. The highest BCUT2D eigenvalue weighted by Gasteiger charge is 2.48. The lowest BCUT2D eigenvalue weighted by atomic mass is 9.81. The fraction of sp³-hybridized carbons (Fsp3) is 0.459. The first-order chi connectivity index (χ1) is 21.4. The van der Waals surface area contributed by atoms with E-state index in [0.29, 0.717) is 24.5 Å². The van der Waals surface area contributed by atoms with Crippen LogP contribution in [0.2, 0.25) is 0 Å². The molecule has 1 N–H and O–H groups in total. The molecule has 6 rings (SSSR count). The number of likely N-dealkylation sites (tertiary alicyclic amines) is 1. The minimum absolute atomic E-state index is 0.142. The van der Waals surface area contributed by atoms with Crippen molar-refractivity contribution in [3.05, 3.63) is 88.0 Å². The number of nitrogens with zero attached hydrogens (tertiary/aromatic N) is 1. The van der Waals surface area contributed by atoms with Gasteiger partial charge < -0.3 is 19.3 Å². The van der Waals surface area contributed by atoms with Crippen molar-refractivity contribution in [1.29, 1.82) is 0 Å². The van der Waals surface area contributed by atoms with Crippen LogP contribution in [0.5, 0.6) is 17.2 Å². The number of hydrogen-bond acceptors (Lipinski definition) is 6. The Morgan fingerprint density at radius 2 is 1.70 bits per heavy atom. The number of Topliss-reactive ketones (excluding diaryl/α,β-unsaturated/α-hetero) is 1. The lowest BCUT2D eigenvalue weighted by Crippen LogP contribution is -2.32. The molecular formula is C37H43NO6. The number of ketones is 1. The van der Waals surface area contributed by atoms with E-state index >= 15 is 0 Å². The third kappa shape index (κ3) is 6.20. The van der Waals surface area contributed by atoms with E-state index in [1.165, 1.54) is 16.7 Å². The van der Waals surface area contributed by atoms with Crippen molar-refractivity contribution >= 4 is 11.8 Å². The minimum Gasteiger partial charge on any atom is -0.490 e. The van der Waals surface area contributed by atoms with Gasteiger partial charge in [-0.1, -0.05) is 50.2 Å². The van der Waals surface area contributed by atoms with Crippen LogP contribution >= 0.6 is 0 Å². The fourth-order valence-electron chi connectivity index (χ4n) is 7.20. The second-order valence-electron chi connectivity index (χ2n) is 12.4. The zero-order valence-electron chi connectivity index (χ0n) is 26.0. The van der Waals surface area contributed by atoms with Gasteiger partial charge in [0.1, 0.15) is 11.5 Å².